The van der Waals surface area contributed by atoms with Crippen LogP contribution in [-0.4, -0.2) is 19.6 Å². The zero-order chi connectivity index (χ0) is 14.0. The van der Waals surface area contributed by atoms with Gasteiger partial charge in [-0.25, -0.2) is 0 Å². The maximum atomic E-state index is 6.51. The molecule has 1 heterocycles. The average Bonchev–Trinajstić information content (AvgIpc) is 2.86. The standard InChI is InChI=1S/C16H25ClN2/c1-11(2)15-6-5-9-19(15)16-8-7-13(10-14(16)17)12(3)18-4/h7-8,10-12,15,18H,5-6,9H2,1-4H3. The first-order valence-electron chi connectivity index (χ1n) is 7.28. The van der Waals surface area contributed by atoms with Crippen LogP contribution >= 0.6 is 11.6 Å². The number of rotatable bonds is 4. The van der Waals surface area contributed by atoms with Crippen molar-refractivity contribution in [2.45, 2.75) is 45.7 Å². The molecule has 0 aromatic heterocycles. The van der Waals surface area contributed by atoms with E-state index in [1.165, 1.54) is 24.1 Å². The zero-order valence-electron chi connectivity index (χ0n) is 12.4. The van der Waals surface area contributed by atoms with E-state index in [1.54, 1.807) is 0 Å². The Balaban J connectivity index is 2.26. The van der Waals surface area contributed by atoms with Gasteiger partial charge in [0.05, 0.1) is 10.7 Å². The molecule has 1 aromatic rings. The van der Waals surface area contributed by atoms with Crippen molar-refractivity contribution in [2.24, 2.45) is 5.92 Å². The summed E-state index contributed by atoms with van der Waals surface area (Å²) in [4.78, 5) is 2.49. The Morgan fingerprint density at radius 1 is 1.32 bits per heavy atom. The van der Waals surface area contributed by atoms with Gasteiger partial charge in [-0.05, 0) is 50.4 Å². The second kappa shape index (κ2) is 6.15. The largest absolute Gasteiger partial charge is 0.367 e. The van der Waals surface area contributed by atoms with Gasteiger partial charge in [-0.2, -0.15) is 0 Å². The van der Waals surface area contributed by atoms with Crippen LogP contribution in [0.5, 0.6) is 0 Å². The van der Waals surface area contributed by atoms with E-state index in [0.29, 0.717) is 18.0 Å². The molecule has 106 valence electrons. The van der Waals surface area contributed by atoms with Crippen molar-refractivity contribution in [3.05, 3.63) is 28.8 Å². The third-order valence-electron chi connectivity index (χ3n) is 4.28. The van der Waals surface area contributed by atoms with Gasteiger partial charge in [-0.15, -0.1) is 0 Å². The molecule has 1 fully saturated rings. The number of anilines is 1. The predicted molar refractivity (Wildman–Crippen MR) is 84.1 cm³/mol. The molecule has 0 saturated carbocycles. The lowest BCUT2D eigenvalue weighted by Gasteiger charge is -2.30. The van der Waals surface area contributed by atoms with E-state index < -0.39 is 0 Å². The Labute approximate surface area is 122 Å². The number of hydrogen-bond donors (Lipinski definition) is 1. The van der Waals surface area contributed by atoms with Crippen LogP contribution in [0.2, 0.25) is 5.02 Å². The molecule has 0 spiro atoms. The van der Waals surface area contributed by atoms with Crippen LogP contribution in [-0.2, 0) is 0 Å². The molecule has 2 rings (SSSR count). The summed E-state index contributed by atoms with van der Waals surface area (Å²) < 4.78 is 0. The quantitative estimate of drug-likeness (QED) is 0.887. The summed E-state index contributed by atoms with van der Waals surface area (Å²) in [7, 11) is 1.97. The molecule has 0 bridgehead atoms. The molecular weight excluding hydrogens is 256 g/mol. The molecule has 0 amide bonds. The lowest BCUT2D eigenvalue weighted by molar-refractivity contribution is 0.492. The minimum atomic E-state index is 0.339. The van der Waals surface area contributed by atoms with Gasteiger partial charge in [-0.3, -0.25) is 0 Å². The molecule has 19 heavy (non-hydrogen) atoms. The highest BCUT2D eigenvalue weighted by atomic mass is 35.5. The second-order valence-electron chi connectivity index (χ2n) is 5.87. The van der Waals surface area contributed by atoms with Crippen LogP contribution in [0.3, 0.4) is 0 Å². The van der Waals surface area contributed by atoms with Gasteiger partial charge >= 0.3 is 0 Å². The van der Waals surface area contributed by atoms with Crippen molar-refractivity contribution in [1.82, 2.24) is 5.32 Å². The highest BCUT2D eigenvalue weighted by molar-refractivity contribution is 6.33. The third-order valence-corrected chi connectivity index (χ3v) is 4.59. The van der Waals surface area contributed by atoms with E-state index >= 15 is 0 Å². The van der Waals surface area contributed by atoms with E-state index in [4.69, 9.17) is 11.6 Å². The Bertz CT molecular complexity index is 431. The van der Waals surface area contributed by atoms with E-state index in [-0.39, 0.29) is 0 Å². The van der Waals surface area contributed by atoms with E-state index in [9.17, 15) is 0 Å². The first-order valence-corrected chi connectivity index (χ1v) is 7.65. The first-order chi connectivity index (χ1) is 9.04. The van der Waals surface area contributed by atoms with Crippen LogP contribution in [0.15, 0.2) is 18.2 Å². The Morgan fingerprint density at radius 2 is 2.05 bits per heavy atom. The molecular formula is C16H25ClN2. The molecule has 3 heteroatoms. The van der Waals surface area contributed by atoms with Gasteiger partial charge in [0.2, 0.25) is 0 Å². The normalized spacial score (nSPS) is 21.2. The van der Waals surface area contributed by atoms with E-state index in [1.807, 2.05) is 7.05 Å². The van der Waals surface area contributed by atoms with Crippen molar-refractivity contribution in [3.63, 3.8) is 0 Å². The molecule has 0 radical (unpaired) electrons. The van der Waals surface area contributed by atoms with Crippen molar-refractivity contribution in [3.8, 4) is 0 Å². The second-order valence-corrected chi connectivity index (χ2v) is 6.28. The summed E-state index contributed by atoms with van der Waals surface area (Å²) in [6.45, 7) is 7.88. The molecule has 2 unspecified atom stereocenters. The van der Waals surface area contributed by atoms with Gasteiger partial charge in [0.1, 0.15) is 0 Å². The Morgan fingerprint density at radius 3 is 2.63 bits per heavy atom. The zero-order valence-corrected chi connectivity index (χ0v) is 13.2. The van der Waals surface area contributed by atoms with E-state index in [2.05, 4.69) is 49.2 Å². The fourth-order valence-electron chi connectivity index (χ4n) is 2.98. The minimum absolute atomic E-state index is 0.339. The maximum absolute atomic E-state index is 6.51. The number of nitrogens with zero attached hydrogens (tertiary/aromatic N) is 1. The number of benzene rings is 1. The molecule has 1 N–H and O–H groups in total. The molecule has 1 aliphatic heterocycles. The molecule has 2 atom stereocenters. The average molecular weight is 281 g/mol. The van der Waals surface area contributed by atoms with Crippen LogP contribution in [0.25, 0.3) is 0 Å². The summed E-state index contributed by atoms with van der Waals surface area (Å²) >= 11 is 6.51. The molecule has 1 aliphatic rings. The fraction of sp³-hybridized carbons (Fsp3) is 0.625. The van der Waals surface area contributed by atoms with Crippen molar-refractivity contribution in [1.29, 1.82) is 0 Å². The van der Waals surface area contributed by atoms with Gasteiger partial charge in [-0.1, -0.05) is 31.5 Å². The molecule has 1 saturated heterocycles. The molecule has 1 aromatic carbocycles. The first kappa shape index (κ1) is 14.7. The molecule has 0 aliphatic carbocycles. The van der Waals surface area contributed by atoms with E-state index in [0.717, 1.165) is 11.6 Å². The van der Waals surface area contributed by atoms with Crippen molar-refractivity contribution >= 4 is 17.3 Å². The van der Waals surface area contributed by atoms with Crippen molar-refractivity contribution < 1.29 is 0 Å². The van der Waals surface area contributed by atoms with Gasteiger partial charge in [0.15, 0.2) is 0 Å². The lowest BCUT2D eigenvalue weighted by Crippen LogP contribution is -2.33. The summed E-state index contributed by atoms with van der Waals surface area (Å²) in [6.07, 6.45) is 2.55. The van der Waals surface area contributed by atoms with Crippen molar-refractivity contribution in [2.75, 3.05) is 18.5 Å². The number of hydrogen-bond acceptors (Lipinski definition) is 2. The minimum Gasteiger partial charge on any atom is -0.367 e. The fourth-order valence-corrected chi connectivity index (χ4v) is 3.27. The Hall–Kier alpha value is -0.730. The highest BCUT2D eigenvalue weighted by Crippen LogP contribution is 2.35. The summed E-state index contributed by atoms with van der Waals surface area (Å²) in [5.74, 6) is 0.675. The van der Waals surface area contributed by atoms with Crippen LogP contribution < -0.4 is 10.2 Å². The summed E-state index contributed by atoms with van der Waals surface area (Å²) in [6, 6.07) is 7.45. The summed E-state index contributed by atoms with van der Waals surface area (Å²) in [5.41, 5.74) is 2.45. The van der Waals surface area contributed by atoms with Crippen LogP contribution in [0.4, 0.5) is 5.69 Å². The SMILES string of the molecule is CNC(C)c1ccc(N2CCCC2C(C)C)c(Cl)c1. The lowest BCUT2D eigenvalue weighted by atomic mass is 10.0. The topological polar surface area (TPSA) is 15.3 Å². The van der Waals surface area contributed by atoms with Gasteiger partial charge in [0.25, 0.3) is 0 Å². The number of halogens is 1. The monoisotopic (exact) mass is 280 g/mol. The van der Waals surface area contributed by atoms with Gasteiger partial charge in [0, 0.05) is 18.6 Å². The van der Waals surface area contributed by atoms with Crippen LogP contribution in [0, 0.1) is 5.92 Å². The molecule has 2 nitrogen and oxygen atoms in total. The van der Waals surface area contributed by atoms with Gasteiger partial charge < -0.3 is 10.2 Å². The third kappa shape index (κ3) is 3.06. The predicted octanol–water partition coefficient (Wildman–Crippen LogP) is 4.25. The maximum Gasteiger partial charge on any atom is 0.0642 e. The smallest absolute Gasteiger partial charge is 0.0642 e. The highest BCUT2D eigenvalue weighted by Gasteiger charge is 2.28. The Kier molecular flexibility index (Phi) is 4.75. The van der Waals surface area contributed by atoms with Crippen LogP contribution in [0.1, 0.15) is 45.2 Å². The number of nitrogens with one attached hydrogen (secondary N) is 1. The summed E-state index contributed by atoms with van der Waals surface area (Å²) in [5, 5.41) is 4.13.